The quantitative estimate of drug-likeness (QED) is 0.781. The van der Waals surface area contributed by atoms with Gasteiger partial charge in [0.2, 0.25) is 0 Å². The van der Waals surface area contributed by atoms with Gasteiger partial charge in [-0.15, -0.1) is 5.10 Å². The van der Waals surface area contributed by atoms with Gasteiger partial charge in [-0.05, 0) is 18.6 Å². The van der Waals surface area contributed by atoms with E-state index in [9.17, 15) is 4.79 Å². The van der Waals surface area contributed by atoms with Crippen molar-refractivity contribution in [2.75, 3.05) is 0 Å². The monoisotopic (exact) mass is 223 g/mol. The van der Waals surface area contributed by atoms with Crippen molar-refractivity contribution in [1.82, 2.24) is 15.0 Å². The average Bonchev–Trinajstić information content (AvgIpc) is 2.23. The second-order valence-electron chi connectivity index (χ2n) is 3.25. The molecule has 78 valence electrons. The molecule has 0 fully saturated rings. The number of benzene rings is 1. The molecule has 0 atom stereocenters. The van der Waals surface area contributed by atoms with Gasteiger partial charge in [0.1, 0.15) is 5.52 Å². The maximum Gasteiger partial charge on any atom is 0.277 e. The van der Waals surface area contributed by atoms with E-state index in [-0.39, 0.29) is 5.56 Å². The molecule has 0 N–H and O–H groups in total. The standard InChI is InChI=1S/C10H10ClN3O/c1-2-6-14-10(15)7-4-3-5-8(11)9(7)12-13-14/h3-5H,2,6H2,1H3. The summed E-state index contributed by atoms with van der Waals surface area (Å²) in [4.78, 5) is 11.9. The van der Waals surface area contributed by atoms with E-state index in [4.69, 9.17) is 11.6 Å². The average molecular weight is 224 g/mol. The van der Waals surface area contributed by atoms with E-state index in [1.54, 1.807) is 18.2 Å². The third kappa shape index (κ3) is 1.72. The van der Waals surface area contributed by atoms with Gasteiger partial charge in [-0.3, -0.25) is 4.79 Å². The number of hydrogen-bond acceptors (Lipinski definition) is 3. The van der Waals surface area contributed by atoms with Gasteiger partial charge in [-0.1, -0.05) is 29.8 Å². The molecular formula is C10H10ClN3O. The lowest BCUT2D eigenvalue weighted by Crippen LogP contribution is -2.24. The molecule has 0 spiro atoms. The molecule has 0 unspecified atom stereocenters. The third-order valence-electron chi connectivity index (χ3n) is 2.14. The number of aryl methyl sites for hydroxylation is 1. The second-order valence-corrected chi connectivity index (χ2v) is 3.66. The molecule has 15 heavy (non-hydrogen) atoms. The Labute approximate surface area is 91.5 Å². The molecule has 0 saturated heterocycles. The van der Waals surface area contributed by atoms with Crippen LogP contribution >= 0.6 is 11.6 Å². The zero-order valence-electron chi connectivity index (χ0n) is 8.27. The first-order valence-electron chi connectivity index (χ1n) is 4.76. The van der Waals surface area contributed by atoms with Gasteiger partial charge in [-0.2, -0.15) is 0 Å². The molecule has 4 nitrogen and oxygen atoms in total. The Morgan fingerprint density at radius 1 is 1.47 bits per heavy atom. The van der Waals surface area contributed by atoms with E-state index in [1.165, 1.54) is 4.68 Å². The summed E-state index contributed by atoms with van der Waals surface area (Å²) in [6.07, 6.45) is 0.848. The Kier molecular flexibility index (Phi) is 2.68. The van der Waals surface area contributed by atoms with Gasteiger partial charge < -0.3 is 0 Å². The molecular weight excluding hydrogens is 214 g/mol. The van der Waals surface area contributed by atoms with Crippen molar-refractivity contribution in [3.8, 4) is 0 Å². The third-order valence-corrected chi connectivity index (χ3v) is 2.44. The summed E-state index contributed by atoms with van der Waals surface area (Å²) in [5.74, 6) is 0. The summed E-state index contributed by atoms with van der Waals surface area (Å²) < 4.78 is 1.36. The lowest BCUT2D eigenvalue weighted by molar-refractivity contribution is 0.541. The molecule has 0 aliphatic carbocycles. The van der Waals surface area contributed by atoms with E-state index in [2.05, 4.69) is 10.3 Å². The van der Waals surface area contributed by atoms with Crippen LogP contribution in [-0.4, -0.2) is 15.0 Å². The fraction of sp³-hybridized carbons (Fsp3) is 0.300. The maximum atomic E-state index is 11.9. The van der Waals surface area contributed by atoms with E-state index < -0.39 is 0 Å². The van der Waals surface area contributed by atoms with Gasteiger partial charge in [0, 0.05) is 6.54 Å². The highest BCUT2D eigenvalue weighted by molar-refractivity contribution is 6.34. The van der Waals surface area contributed by atoms with Crippen molar-refractivity contribution >= 4 is 22.5 Å². The van der Waals surface area contributed by atoms with Crippen LogP contribution in [0.4, 0.5) is 0 Å². The van der Waals surface area contributed by atoms with Crippen LogP contribution in [0, 0.1) is 0 Å². The maximum absolute atomic E-state index is 11.9. The highest BCUT2D eigenvalue weighted by Crippen LogP contribution is 2.16. The Balaban J connectivity index is 2.75. The Morgan fingerprint density at radius 2 is 2.27 bits per heavy atom. The van der Waals surface area contributed by atoms with Crippen molar-refractivity contribution < 1.29 is 0 Å². The number of fused-ring (bicyclic) bond motifs is 1. The van der Waals surface area contributed by atoms with Crippen molar-refractivity contribution in [1.29, 1.82) is 0 Å². The van der Waals surface area contributed by atoms with Crippen LogP contribution < -0.4 is 5.56 Å². The van der Waals surface area contributed by atoms with Gasteiger partial charge in [0.05, 0.1) is 10.4 Å². The van der Waals surface area contributed by atoms with Gasteiger partial charge >= 0.3 is 0 Å². The lowest BCUT2D eigenvalue weighted by atomic mass is 10.2. The van der Waals surface area contributed by atoms with Crippen molar-refractivity contribution in [2.24, 2.45) is 0 Å². The van der Waals surface area contributed by atoms with E-state index in [0.29, 0.717) is 22.5 Å². The molecule has 1 heterocycles. The smallest absolute Gasteiger partial charge is 0.267 e. The summed E-state index contributed by atoms with van der Waals surface area (Å²) >= 11 is 5.91. The van der Waals surface area contributed by atoms with Crippen molar-refractivity contribution in [2.45, 2.75) is 19.9 Å². The first kappa shape index (κ1) is 10.1. The highest BCUT2D eigenvalue weighted by Gasteiger charge is 2.06. The second kappa shape index (κ2) is 3.98. The Bertz CT molecular complexity index is 550. The molecule has 0 radical (unpaired) electrons. The minimum Gasteiger partial charge on any atom is -0.267 e. The predicted octanol–water partition coefficient (Wildman–Crippen LogP) is 1.85. The Morgan fingerprint density at radius 3 is 3.00 bits per heavy atom. The highest BCUT2D eigenvalue weighted by atomic mass is 35.5. The van der Waals surface area contributed by atoms with E-state index in [0.717, 1.165) is 6.42 Å². The minimum absolute atomic E-state index is 0.135. The fourth-order valence-electron chi connectivity index (χ4n) is 1.43. The van der Waals surface area contributed by atoms with Crippen LogP contribution in [0.15, 0.2) is 23.0 Å². The minimum atomic E-state index is -0.135. The molecule has 0 bridgehead atoms. The van der Waals surface area contributed by atoms with Crippen molar-refractivity contribution in [3.63, 3.8) is 0 Å². The zero-order chi connectivity index (χ0) is 10.8. The van der Waals surface area contributed by atoms with Gasteiger partial charge in [-0.25, -0.2) is 4.68 Å². The first-order valence-corrected chi connectivity index (χ1v) is 5.14. The molecule has 2 rings (SSSR count). The van der Waals surface area contributed by atoms with Crippen LogP contribution in [-0.2, 0) is 6.54 Å². The Hall–Kier alpha value is -1.42. The lowest BCUT2D eigenvalue weighted by Gasteiger charge is -2.03. The number of rotatable bonds is 2. The number of nitrogens with zero attached hydrogens (tertiary/aromatic N) is 3. The number of hydrogen-bond donors (Lipinski definition) is 0. The fourth-order valence-corrected chi connectivity index (χ4v) is 1.64. The van der Waals surface area contributed by atoms with Crippen LogP contribution in [0.3, 0.4) is 0 Å². The normalized spacial score (nSPS) is 10.8. The molecule has 0 aliphatic rings. The topological polar surface area (TPSA) is 47.8 Å². The summed E-state index contributed by atoms with van der Waals surface area (Å²) in [5.41, 5.74) is 0.334. The van der Waals surface area contributed by atoms with Crippen LogP contribution in [0.1, 0.15) is 13.3 Å². The number of halogens is 1. The largest absolute Gasteiger partial charge is 0.277 e. The molecule has 0 saturated carbocycles. The van der Waals surface area contributed by atoms with Gasteiger partial charge in [0.15, 0.2) is 0 Å². The molecule has 2 aromatic rings. The SMILES string of the molecule is CCCn1nnc2c(Cl)cccc2c1=O. The summed E-state index contributed by atoms with van der Waals surface area (Å²) in [7, 11) is 0. The molecule has 5 heteroatoms. The number of aromatic nitrogens is 3. The predicted molar refractivity (Wildman–Crippen MR) is 59.1 cm³/mol. The molecule has 1 aromatic carbocycles. The molecule has 1 aromatic heterocycles. The van der Waals surface area contributed by atoms with Crippen LogP contribution in [0.5, 0.6) is 0 Å². The van der Waals surface area contributed by atoms with E-state index in [1.807, 2.05) is 6.92 Å². The summed E-state index contributed by atoms with van der Waals surface area (Å²) in [6.45, 7) is 2.56. The summed E-state index contributed by atoms with van der Waals surface area (Å²) in [6, 6.07) is 5.15. The molecule has 0 aliphatic heterocycles. The van der Waals surface area contributed by atoms with E-state index >= 15 is 0 Å². The summed E-state index contributed by atoms with van der Waals surface area (Å²) in [5, 5.41) is 8.75. The van der Waals surface area contributed by atoms with Crippen LogP contribution in [0.25, 0.3) is 10.9 Å². The van der Waals surface area contributed by atoms with Crippen molar-refractivity contribution in [3.05, 3.63) is 33.6 Å². The van der Waals surface area contributed by atoms with Gasteiger partial charge in [0.25, 0.3) is 5.56 Å². The van der Waals surface area contributed by atoms with Crippen LogP contribution in [0.2, 0.25) is 5.02 Å². The first-order chi connectivity index (χ1) is 7.24. The molecule has 0 amide bonds. The zero-order valence-corrected chi connectivity index (χ0v) is 9.03.